The van der Waals surface area contributed by atoms with Crippen molar-refractivity contribution in [2.45, 2.75) is 6.54 Å². The van der Waals surface area contributed by atoms with Gasteiger partial charge in [0.05, 0.1) is 12.7 Å². The average molecular weight is 218 g/mol. The SMILES string of the molecule is Cn1c(Cl)cnc1CNC(=O)C(=O)O. The number of carbonyl (C=O) groups excluding carboxylic acids is 1. The first-order chi connectivity index (χ1) is 6.52. The largest absolute Gasteiger partial charge is 0.474 e. The number of halogens is 1. The normalized spacial score (nSPS) is 9.86. The number of amides is 1. The van der Waals surface area contributed by atoms with Crippen molar-refractivity contribution in [1.29, 1.82) is 0 Å². The highest BCUT2D eigenvalue weighted by molar-refractivity contribution is 6.31. The third kappa shape index (κ3) is 2.23. The minimum atomic E-state index is -1.52. The van der Waals surface area contributed by atoms with Gasteiger partial charge in [-0.2, -0.15) is 0 Å². The molecule has 1 heterocycles. The standard InChI is InChI=1S/C7H8ClN3O3/c1-11-4(8)2-9-5(11)3-10-6(12)7(13)14/h2H,3H2,1H3,(H,10,12)(H,13,14). The Hall–Kier alpha value is -1.56. The van der Waals surface area contributed by atoms with Crippen molar-refractivity contribution in [3.63, 3.8) is 0 Å². The molecule has 0 aliphatic carbocycles. The minimum Gasteiger partial charge on any atom is -0.474 e. The monoisotopic (exact) mass is 217 g/mol. The predicted octanol–water partition coefficient (Wildman–Crippen LogP) is -0.226. The molecular formula is C7H8ClN3O3. The molecule has 0 bridgehead atoms. The molecule has 1 amide bonds. The fraction of sp³-hybridized carbons (Fsp3) is 0.286. The van der Waals surface area contributed by atoms with Crippen molar-refractivity contribution >= 4 is 23.5 Å². The number of aliphatic carboxylic acids is 1. The average Bonchev–Trinajstić information content (AvgIpc) is 2.44. The molecule has 0 aromatic carbocycles. The first-order valence-corrected chi connectivity index (χ1v) is 4.07. The number of nitrogens with zero attached hydrogens (tertiary/aromatic N) is 2. The molecule has 0 saturated heterocycles. The van der Waals surface area contributed by atoms with E-state index < -0.39 is 11.9 Å². The molecule has 6 nitrogen and oxygen atoms in total. The summed E-state index contributed by atoms with van der Waals surface area (Å²) in [7, 11) is 1.66. The number of carboxylic acid groups (broad SMARTS) is 1. The molecule has 0 aliphatic rings. The van der Waals surface area contributed by atoms with Crippen molar-refractivity contribution in [2.24, 2.45) is 7.05 Å². The van der Waals surface area contributed by atoms with Crippen molar-refractivity contribution < 1.29 is 14.7 Å². The third-order valence-electron chi connectivity index (χ3n) is 1.63. The van der Waals surface area contributed by atoms with E-state index in [0.29, 0.717) is 11.0 Å². The van der Waals surface area contributed by atoms with Crippen LogP contribution in [0.25, 0.3) is 0 Å². The number of carboxylic acids is 1. The van der Waals surface area contributed by atoms with Crippen LogP contribution < -0.4 is 5.32 Å². The summed E-state index contributed by atoms with van der Waals surface area (Å²) >= 11 is 5.68. The summed E-state index contributed by atoms with van der Waals surface area (Å²) in [4.78, 5) is 24.7. The van der Waals surface area contributed by atoms with Crippen LogP contribution in [0, 0.1) is 0 Å². The summed E-state index contributed by atoms with van der Waals surface area (Å²) in [6.45, 7) is 0.0361. The molecule has 1 aromatic rings. The number of imidazole rings is 1. The fourth-order valence-corrected chi connectivity index (χ4v) is 0.970. The molecule has 7 heteroatoms. The van der Waals surface area contributed by atoms with Crippen LogP contribution in [0.5, 0.6) is 0 Å². The van der Waals surface area contributed by atoms with Gasteiger partial charge in [-0.3, -0.25) is 4.79 Å². The number of hydrogen-bond donors (Lipinski definition) is 2. The summed E-state index contributed by atoms with van der Waals surface area (Å²) in [6, 6.07) is 0. The number of carbonyl (C=O) groups is 2. The first kappa shape index (κ1) is 10.5. The molecule has 1 rings (SSSR count). The van der Waals surface area contributed by atoms with E-state index in [1.807, 2.05) is 0 Å². The van der Waals surface area contributed by atoms with E-state index in [9.17, 15) is 9.59 Å². The summed E-state index contributed by atoms with van der Waals surface area (Å²) < 4.78 is 1.55. The summed E-state index contributed by atoms with van der Waals surface area (Å²) in [5.41, 5.74) is 0. The molecule has 14 heavy (non-hydrogen) atoms. The highest BCUT2D eigenvalue weighted by Gasteiger charge is 2.11. The Kier molecular flexibility index (Phi) is 3.08. The number of rotatable bonds is 2. The number of hydrogen-bond acceptors (Lipinski definition) is 3. The molecule has 2 N–H and O–H groups in total. The molecule has 0 radical (unpaired) electrons. The molecule has 0 spiro atoms. The minimum absolute atomic E-state index is 0.0361. The van der Waals surface area contributed by atoms with E-state index in [-0.39, 0.29) is 6.54 Å². The molecule has 0 unspecified atom stereocenters. The van der Waals surface area contributed by atoms with E-state index >= 15 is 0 Å². The molecular weight excluding hydrogens is 210 g/mol. The second kappa shape index (κ2) is 4.10. The van der Waals surface area contributed by atoms with Gasteiger partial charge in [-0.15, -0.1) is 0 Å². The summed E-state index contributed by atoms with van der Waals surface area (Å²) in [5, 5.41) is 10.9. The highest BCUT2D eigenvalue weighted by atomic mass is 35.5. The second-order valence-corrected chi connectivity index (χ2v) is 2.93. The van der Waals surface area contributed by atoms with Crippen molar-refractivity contribution in [1.82, 2.24) is 14.9 Å². The number of aromatic nitrogens is 2. The Bertz CT molecular complexity index is 374. The van der Waals surface area contributed by atoms with Gasteiger partial charge >= 0.3 is 11.9 Å². The van der Waals surface area contributed by atoms with Crippen molar-refractivity contribution in [2.75, 3.05) is 0 Å². The maximum absolute atomic E-state index is 10.7. The lowest BCUT2D eigenvalue weighted by Crippen LogP contribution is -2.30. The van der Waals surface area contributed by atoms with E-state index in [1.165, 1.54) is 6.20 Å². The van der Waals surface area contributed by atoms with Gasteiger partial charge in [0.25, 0.3) is 0 Å². The van der Waals surface area contributed by atoms with Crippen LogP contribution in [0.4, 0.5) is 0 Å². The van der Waals surface area contributed by atoms with E-state index in [4.69, 9.17) is 16.7 Å². The zero-order chi connectivity index (χ0) is 10.7. The van der Waals surface area contributed by atoms with Crippen LogP contribution in [0.3, 0.4) is 0 Å². The molecule has 0 aliphatic heterocycles. The third-order valence-corrected chi connectivity index (χ3v) is 1.98. The van der Waals surface area contributed by atoms with Crippen LogP contribution >= 0.6 is 11.6 Å². The number of nitrogens with one attached hydrogen (secondary N) is 1. The zero-order valence-electron chi connectivity index (χ0n) is 7.32. The molecule has 0 fully saturated rings. The van der Waals surface area contributed by atoms with Gasteiger partial charge in [0.15, 0.2) is 0 Å². The smallest absolute Gasteiger partial charge is 0.394 e. The van der Waals surface area contributed by atoms with E-state index in [0.717, 1.165) is 0 Å². The Balaban J connectivity index is 2.58. The van der Waals surface area contributed by atoms with Gasteiger partial charge in [-0.1, -0.05) is 11.6 Å². The second-order valence-electron chi connectivity index (χ2n) is 2.54. The van der Waals surface area contributed by atoms with Crippen LogP contribution in [-0.2, 0) is 23.2 Å². The van der Waals surface area contributed by atoms with Crippen LogP contribution in [-0.4, -0.2) is 26.5 Å². The summed E-state index contributed by atoms with van der Waals surface area (Å²) in [6.07, 6.45) is 1.42. The lowest BCUT2D eigenvalue weighted by Gasteiger charge is -2.02. The fourth-order valence-electron chi connectivity index (χ4n) is 0.823. The van der Waals surface area contributed by atoms with Crippen LogP contribution in [0.2, 0.25) is 5.15 Å². The maximum atomic E-state index is 10.7. The van der Waals surface area contributed by atoms with E-state index in [1.54, 1.807) is 11.6 Å². The van der Waals surface area contributed by atoms with Gasteiger partial charge in [-0.05, 0) is 0 Å². The Labute approximate surface area is 84.5 Å². The zero-order valence-corrected chi connectivity index (χ0v) is 8.08. The van der Waals surface area contributed by atoms with Crippen molar-refractivity contribution in [3.05, 3.63) is 17.2 Å². The maximum Gasteiger partial charge on any atom is 0.394 e. The Morgan fingerprint density at radius 1 is 1.71 bits per heavy atom. The van der Waals surface area contributed by atoms with E-state index in [2.05, 4.69) is 10.3 Å². The lowest BCUT2D eigenvalue weighted by molar-refractivity contribution is -0.150. The van der Waals surface area contributed by atoms with Gasteiger partial charge in [0.1, 0.15) is 11.0 Å². The quantitative estimate of drug-likeness (QED) is 0.671. The highest BCUT2D eigenvalue weighted by Crippen LogP contribution is 2.08. The van der Waals surface area contributed by atoms with Gasteiger partial charge < -0.3 is 15.0 Å². The molecule has 0 atom stereocenters. The predicted molar refractivity (Wildman–Crippen MR) is 47.7 cm³/mol. The van der Waals surface area contributed by atoms with Crippen molar-refractivity contribution in [3.8, 4) is 0 Å². The topological polar surface area (TPSA) is 84.2 Å². The van der Waals surface area contributed by atoms with Gasteiger partial charge in [0, 0.05) is 7.05 Å². The molecule has 1 aromatic heterocycles. The molecule has 76 valence electrons. The van der Waals surface area contributed by atoms with Gasteiger partial charge in [0.2, 0.25) is 0 Å². The van der Waals surface area contributed by atoms with Crippen LogP contribution in [0.1, 0.15) is 5.82 Å². The van der Waals surface area contributed by atoms with Crippen LogP contribution in [0.15, 0.2) is 6.20 Å². The first-order valence-electron chi connectivity index (χ1n) is 3.69. The lowest BCUT2D eigenvalue weighted by atomic mass is 10.5. The molecule has 0 saturated carbocycles. The Morgan fingerprint density at radius 2 is 2.36 bits per heavy atom. The van der Waals surface area contributed by atoms with Gasteiger partial charge in [-0.25, -0.2) is 9.78 Å². The summed E-state index contributed by atoms with van der Waals surface area (Å²) in [5.74, 6) is -2.10. The Morgan fingerprint density at radius 3 is 2.79 bits per heavy atom.